The van der Waals surface area contributed by atoms with Gasteiger partial charge in [0.15, 0.2) is 0 Å². The molecular weight excluding hydrogens is 328 g/mol. The summed E-state index contributed by atoms with van der Waals surface area (Å²) >= 11 is 8.54. The maximum absolute atomic E-state index is 13.1. The Labute approximate surface area is 117 Å². The molecule has 0 aliphatic heterocycles. The second-order valence-corrected chi connectivity index (χ2v) is 4.84. The highest BCUT2D eigenvalue weighted by Gasteiger charge is 2.17. The number of nitrogens with one attached hydrogen (secondary N) is 1. The van der Waals surface area contributed by atoms with E-state index in [0.29, 0.717) is 0 Å². The molecule has 1 rings (SSSR count). The number of hydrogen-bond acceptors (Lipinski definition) is 3. The number of benzene rings is 1. The molecular formula is C11H10BrClFNO3. The third-order valence-electron chi connectivity index (χ3n) is 2.08. The van der Waals surface area contributed by atoms with Gasteiger partial charge < -0.3 is 10.1 Å². The molecule has 1 N–H and O–H groups in total. The molecule has 98 valence electrons. The highest BCUT2D eigenvalue weighted by atomic mass is 79.9. The van der Waals surface area contributed by atoms with Crippen LogP contribution in [0.3, 0.4) is 0 Å². The van der Waals surface area contributed by atoms with E-state index in [1.54, 1.807) is 0 Å². The van der Waals surface area contributed by atoms with Gasteiger partial charge in [-0.25, -0.2) is 4.39 Å². The van der Waals surface area contributed by atoms with Crippen molar-refractivity contribution in [3.05, 3.63) is 34.6 Å². The van der Waals surface area contributed by atoms with Crippen LogP contribution in [-0.2, 0) is 9.53 Å². The van der Waals surface area contributed by atoms with Gasteiger partial charge in [-0.15, -0.1) is 0 Å². The first-order valence-electron chi connectivity index (χ1n) is 4.91. The molecule has 0 saturated carbocycles. The summed E-state index contributed by atoms with van der Waals surface area (Å²) in [6, 6.07) is 3.71. The molecule has 1 aromatic rings. The van der Waals surface area contributed by atoms with Crippen molar-refractivity contribution in [1.29, 1.82) is 0 Å². The standard InChI is InChI=1S/C11H10BrClFNO3/c1-18-11(17)7(12)5-15-10(16)6-2-3-8(13)9(14)4-6/h2-4,7H,5H2,1H3,(H,15,16). The number of hydrogen-bond donors (Lipinski definition) is 1. The second-order valence-electron chi connectivity index (χ2n) is 3.33. The van der Waals surface area contributed by atoms with Crippen LogP contribution >= 0.6 is 27.5 Å². The molecule has 0 aliphatic carbocycles. The minimum atomic E-state index is -0.673. The number of rotatable bonds is 4. The summed E-state index contributed by atoms with van der Waals surface area (Å²) in [5, 5.41) is 2.41. The minimum absolute atomic E-state index is 0.0375. The lowest BCUT2D eigenvalue weighted by Crippen LogP contribution is -2.33. The van der Waals surface area contributed by atoms with Gasteiger partial charge >= 0.3 is 5.97 Å². The monoisotopic (exact) mass is 337 g/mol. The molecule has 1 amide bonds. The Bertz CT molecular complexity index is 470. The van der Waals surface area contributed by atoms with Gasteiger partial charge in [-0.05, 0) is 18.2 Å². The molecule has 0 bridgehead atoms. The van der Waals surface area contributed by atoms with E-state index in [2.05, 4.69) is 26.0 Å². The number of carbonyl (C=O) groups is 2. The maximum atomic E-state index is 13.1. The topological polar surface area (TPSA) is 55.4 Å². The zero-order valence-corrected chi connectivity index (χ0v) is 11.7. The summed E-state index contributed by atoms with van der Waals surface area (Å²) in [4.78, 5) is 22.0. The van der Waals surface area contributed by atoms with Crippen molar-refractivity contribution in [3.63, 3.8) is 0 Å². The number of halogens is 3. The Morgan fingerprint density at radius 2 is 2.22 bits per heavy atom. The molecule has 0 fully saturated rings. The van der Waals surface area contributed by atoms with Crippen LogP contribution in [0.4, 0.5) is 4.39 Å². The zero-order valence-electron chi connectivity index (χ0n) is 9.38. The van der Waals surface area contributed by atoms with Crippen molar-refractivity contribution < 1.29 is 18.7 Å². The average molecular weight is 339 g/mol. The van der Waals surface area contributed by atoms with Crippen molar-refractivity contribution in [2.24, 2.45) is 0 Å². The number of carbonyl (C=O) groups excluding carboxylic acids is 2. The van der Waals surface area contributed by atoms with Crippen LogP contribution in [0.15, 0.2) is 18.2 Å². The highest BCUT2D eigenvalue weighted by Crippen LogP contribution is 2.15. The zero-order chi connectivity index (χ0) is 13.7. The second kappa shape index (κ2) is 6.70. The van der Waals surface area contributed by atoms with E-state index >= 15 is 0 Å². The molecule has 4 nitrogen and oxygen atoms in total. The number of esters is 1. The molecule has 1 atom stereocenters. The van der Waals surface area contributed by atoms with Gasteiger partial charge in [0.2, 0.25) is 0 Å². The summed E-state index contributed by atoms with van der Waals surface area (Å²) in [6.45, 7) is 0.0375. The van der Waals surface area contributed by atoms with Gasteiger partial charge in [-0.3, -0.25) is 9.59 Å². The molecule has 18 heavy (non-hydrogen) atoms. The van der Waals surface area contributed by atoms with Gasteiger partial charge in [0.05, 0.1) is 12.1 Å². The van der Waals surface area contributed by atoms with Gasteiger partial charge in [0.1, 0.15) is 10.6 Å². The average Bonchev–Trinajstić information content (AvgIpc) is 2.37. The highest BCUT2D eigenvalue weighted by molar-refractivity contribution is 9.10. The normalized spacial score (nSPS) is 11.8. The maximum Gasteiger partial charge on any atom is 0.321 e. The van der Waals surface area contributed by atoms with E-state index < -0.39 is 22.5 Å². The number of amides is 1. The molecule has 7 heteroatoms. The van der Waals surface area contributed by atoms with E-state index in [4.69, 9.17) is 11.6 Å². The summed E-state index contributed by atoms with van der Waals surface area (Å²) in [6.07, 6.45) is 0. The van der Waals surface area contributed by atoms with Gasteiger partial charge in [0.25, 0.3) is 5.91 Å². The fourth-order valence-corrected chi connectivity index (χ4v) is 1.60. The third kappa shape index (κ3) is 3.96. The van der Waals surface area contributed by atoms with Crippen LogP contribution in [0.1, 0.15) is 10.4 Å². The Hall–Kier alpha value is -1.14. The first kappa shape index (κ1) is 14.9. The number of methoxy groups -OCH3 is 1. The van der Waals surface area contributed by atoms with Crippen molar-refractivity contribution in [1.82, 2.24) is 5.32 Å². The van der Waals surface area contributed by atoms with Gasteiger partial charge in [-0.1, -0.05) is 27.5 Å². The molecule has 0 heterocycles. The number of alkyl halides is 1. The van der Waals surface area contributed by atoms with Crippen LogP contribution in [-0.4, -0.2) is 30.4 Å². The summed E-state index contributed by atoms with van der Waals surface area (Å²) in [5.41, 5.74) is 0.126. The van der Waals surface area contributed by atoms with Crippen LogP contribution in [0.2, 0.25) is 5.02 Å². The van der Waals surface area contributed by atoms with Crippen LogP contribution in [0.5, 0.6) is 0 Å². The van der Waals surface area contributed by atoms with Crippen LogP contribution < -0.4 is 5.32 Å². The smallest absolute Gasteiger partial charge is 0.321 e. The van der Waals surface area contributed by atoms with E-state index in [1.807, 2.05) is 0 Å². The lowest BCUT2D eigenvalue weighted by molar-refractivity contribution is -0.139. The minimum Gasteiger partial charge on any atom is -0.468 e. The fraction of sp³-hybridized carbons (Fsp3) is 0.273. The van der Waals surface area contributed by atoms with Crippen molar-refractivity contribution in [3.8, 4) is 0 Å². The molecule has 0 saturated heterocycles. The molecule has 0 aromatic heterocycles. The van der Waals surface area contributed by atoms with Gasteiger partial charge in [-0.2, -0.15) is 0 Å². The Morgan fingerprint density at radius 1 is 1.56 bits per heavy atom. The number of ether oxygens (including phenoxy) is 1. The molecule has 0 radical (unpaired) electrons. The summed E-state index contributed by atoms with van der Waals surface area (Å²) in [5.74, 6) is -1.68. The lowest BCUT2D eigenvalue weighted by Gasteiger charge is -2.09. The van der Waals surface area contributed by atoms with E-state index in [0.717, 1.165) is 6.07 Å². The third-order valence-corrected chi connectivity index (χ3v) is 3.08. The summed E-state index contributed by atoms with van der Waals surface area (Å²) in [7, 11) is 1.24. The van der Waals surface area contributed by atoms with Crippen molar-refractivity contribution in [2.45, 2.75) is 4.83 Å². The first-order chi connectivity index (χ1) is 8.45. The largest absolute Gasteiger partial charge is 0.468 e. The lowest BCUT2D eigenvalue weighted by atomic mass is 10.2. The van der Waals surface area contributed by atoms with Crippen LogP contribution in [0, 0.1) is 5.82 Å². The SMILES string of the molecule is COC(=O)C(Br)CNC(=O)c1ccc(Cl)c(F)c1. The quantitative estimate of drug-likeness (QED) is 0.676. The molecule has 1 aromatic carbocycles. The van der Waals surface area contributed by atoms with E-state index in [-0.39, 0.29) is 17.1 Å². The summed E-state index contributed by atoms with van der Waals surface area (Å²) < 4.78 is 17.6. The van der Waals surface area contributed by atoms with Gasteiger partial charge in [0, 0.05) is 12.1 Å². The Kier molecular flexibility index (Phi) is 5.55. The van der Waals surface area contributed by atoms with Crippen molar-refractivity contribution in [2.75, 3.05) is 13.7 Å². The Morgan fingerprint density at radius 3 is 2.78 bits per heavy atom. The first-order valence-corrected chi connectivity index (χ1v) is 6.20. The molecule has 0 aliphatic rings. The van der Waals surface area contributed by atoms with E-state index in [9.17, 15) is 14.0 Å². The van der Waals surface area contributed by atoms with E-state index in [1.165, 1.54) is 19.2 Å². The van der Waals surface area contributed by atoms with Crippen molar-refractivity contribution >= 4 is 39.4 Å². The molecule has 0 spiro atoms. The predicted molar refractivity (Wildman–Crippen MR) is 68.5 cm³/mol. The molecule has 1 unspecified atom stereocenters. The van der Waals surface area contributed by atoms with Crippen LogP contribution in [0.25, 0.3) is 0 Å². The predicted octanol–water partition coefficient (Wildman–Crippen LogP) is 2.15. The fourth-order valence-electron chi connectivity index (χ4n) is 1.13. The Balaban J connectivity index is 2.60.